The minimum absolute atomic E-state index is 0.0717. The van der Waals surface area contributed by atoms with E-state index in [4.69, 9.17) is 5.73 Å². The normalized spacial score (nSPS) is 10.2. The van der Waals surface area contributed by atoms with Crippen LogP contribution in [0, 0.1) is 6.92 Å². The van der Waals surface area contributed by atoms with E-state index in [-0.39, 0.29) is 5.91 Å². The van der Waals surface area contributed by atoms with Crippen molar-refractivity contribution in [3.05, 3.63) is 65.2 Å². The van der Waals surface area contributed by atoms with Gasteiger partial charge in [-0.25, -0.2) is 0 Å². The lowest BCUT2D eigenvalue weighted by molar-refractivity contribution is -0.121. The molecule has 3 heteroatoms. The van der Waals surface area contributed by atoms with Gasteiger partial charge in [-0.05, 0) is 36.6 Å². The van der Waals surface area contributed by atoms with Gasteiger partial charge in [0.05, 0.1) is 0 Å². The zero-order chi connectivity index (χ0) is 14.4. The quantitative estimate of drug-likeness (QED) is 0.819. The first-order valence-electron chi connectivity index (χ1n) is 6.80. The van der Waals surface area contributed by atoms with E-state index in [1.807, 2.05) is 24.3 Å². The van der Waals surface area contributed by atoms with Crippen LogP contribution in [-0.2, 0) is 17.8 Å². The molecule has 2 rings (SSSR count). The molecule has 0 spiro atoms. The van der Waals surface area contributed by atoms with Crippen molar-refractivity contribution in [1.29, 1.82) is 0 Å². The molecule has 3 N–H and O–H groups in total. The van der Waals surface area contributed by atoms with Crippen LogP contribution in [-0.4, -0.2) is 5.91 Å². The smallest absolute Gasteiger partial charge is 0.220 e. The molecular formula is C17H20N2O. The molecule has 2 aromatic carbocycles. The summed E-state index contributed by atoms with van der Waals surface area (Å²) in [5.74, 6) is 0.0717. The predicted molar refractivity (Wildman–Crippen MR) is 82.2 cm³/mol. The number of benzene rings is 2. The van der Waals surface area contributed by atoms with Gasteiger partial charge in [0.2, 0.25) is 5.91 Å². The summed E-state index contributed by atoms with van der Waals surface area (Å²) in [4.78, 5) is 11.8. The van der Waals surface area contributed by atoms with Crippen molar-refractivity contribution >= 4 is 11.6 Å². The summed E-state index contributed by atoms with van der Waals surface area (Å²) in [5.41, 5.74) is 9.84. The Morgan fingerprint density at radius 1 is 1.00 bits per heavy atom. The first-order valence-corrected chi connectivity index (χ1v) is 6.80. The van der Waals surface area contributed by atoms with E-state index >= 15 is 0 Å². The Morgan fingerprint density at radius 2 is 1.60 bits per heavy atom. The Hall–Kier alpha value is -2.29. The minimum atomic E-state index is 0.0717. The van der Waals surface area contributed by atoms with E-state index in [9.17, 15) is 4.79 Å². The molecule has 0 heterocycles. The maximum Gasteiger partial charge on any atom is 0.220 e. The first-order chi connectivity index (χ1) is 9.63. The molecule has 0 atom stereocenters. The number of amides is 1. The molecule has 3 nitrogen and oxygen atoms in total. The molecule has 20 heavy (non-hydrogen) atoms. The van der Waals surface area contributed by atoms with Crippen molar-refractivity contribution in [2.45, 2.75) is 26.3 Å². The number of nitrogens with two attached hydrogens (primary N) is 1. The highest BCUT2D eigenvalue weighted by atomic mass is 16.1. The van der Waals surface area contributed by atoms with Crippen LogP contribution in [0.5, 0.6) is 0 Å². The Morgan fingerprint density at radius 3 is 2.25 bits per heavy atom. The van der Waals surface area contributed by atoms with Crippen LogP contribution in [0.2, 0.25) is 0 Å². The Balaban J connectivity index is 1.75. The van der Waals surface area contributed by atoms with Crippen LogP contribution < -0.4 is 11.1 Å². The van der Waals surface area contributed by atoms with E-state index in [0.717, 1.165) is 17.7 Å². The monoisotopic (exact) mass is 268 g/mol. The van der Waals surface area contributed by atoms with Crippen molar-refractivity contribution in [3.8, 4) is 0 Å². The molecule has 0 aromatic heterocycles. The summed E-state index contributed by atoms with van der Waals surface area (Å²) in [6.45, 7) is 2.61. The van der Waals surface area contributed by atoms with Gasteiger partial charge >= 0.3 is 0 Å². The van der Waals surface area contributed by atoms with Gasteiger partial charge in [-0.15, -0.1) is 0 Å². The zero-order valence-corrected chi connectivity index (χ0v) is 11.7. The van der Waals surface area contributed by atoms with Gasteiger partial charge in [0.25, 0.3) is 0 Å². The maximum absolute atomic E-state index is 11.8. The Labute approximate surface area is 119 Å². The number of anilines is 1. The zero-order valence-electron chi connectivity index (χ0n) is 11.7. The lowest BCUT2D eigenvalue weighted by atomic mass is 10.1. The second-order valence-electron chi connectivity index (χ2n) is 5.00. The highest BCUT2D eigenvalue weighted by Crippen LogP contribution is 2.07. The molecule has 0 unspecified atom stereocenters. The molecule has 0 aliphatic heterocycles. The Kier molecular flexibility index (Phi) is 4.77. The van der Waals surface area contributed by atoms with Gasteiger partial charge in [0, 0.05) is 18.7 Å². The van der Waals surface area contributed by atoms with Crippen LogP contribution in [0.25, 0.3) is 0 Å². The number of hydrogen-bond acceptors (Lipinski definition) is 2. The van der Waals surface area contributed by atoms with Gasteiger partial charge in [-0.2, -0.15) is 0 Å². The molecule has 0 fully saturated rings. The third kappa shape index (κ3) is 4.43. The molecule has 0 saturated heterocycles. The van der Waals surface area contributed by atoms with Gasteiger partial charge in [0.15, 0.2) is 0 Å². The number of carbonyl (C=O) groups excluding carboxylic acids is 1. The van der Waals surface area contributed by atoms with Crippen molar-refractivity contribution in [1.82, 2.24) is 5.32 Å². The van der Waals surface area contributed by atoms with Crippen molar-refractivity contribution in [2.75, 3.05) is 5.73 Å². The second kappa shape index (κ2) is 6.75. The average Bonchev–Trinajstić information content (AvgIpc) is 2.46. The predicted octanol–water partition coefficient (Wildman–Crippen LogP) is 2.83. The van der Waals surface area contributed by atoms with E-state index in [2.05, 4.69) is 36.5 Å². The Bertz CT molecular complexity index is 507. The molecular weight excluding hydrogens is 248 g/mol. The third-order valence-corrected chi connectivity index (χ3v) is 3.23. The van der Waals surface area contributed by atoms with E-state index in [1.165, 1.54) is 11.1 Å². The van der Waals surface area contributed by atoms with Crippen LogP contribution in [0.1, 0.15) is 23.1 Å². The first kappa shape index (κ1) is 14.1. The molecule has 0 aliphatic rings. The van der Waals surface area contributed by atoms with Gasteiger partial charge in [-0.3, -0.25) is 4.79 Å². The summed E-state index contributed by atoms with van der Waals surface area (Å²) in [7, 11) is 0. The lowest BCUT2D eigenvalue weighted by Crippen LogP contribution is -2.22. The van der Waals surface area contributed by atoms with Crippen LogP contribution >= 0.6 is 0 Å². The molecule has 0 aliphatic carbocycles. The fraction of sp³-hybridized carbons (Fsp3) is 0.235. The van der Waals surface area contributed by atoms with E-state index in [1.54, 1.807) is 0 Å². The summed E-state index contributed by atoms with van der Waals surface area (Å²) in [6.07, 6.45) is 1.28. The standard InChI is InChI=1S/C17H20N2O/c1-13-2-4-14(5-3-13)8-11-17(20)19-12-15-6-9-16(18)10-7-15/h2-7,9-10H,8,11-12,18H2,1H3,(H,19,20). The van der Waals surface area contributed by atoms with E-state index in [0.29, 0.717) is 13.0 Å². The number of nitrogens with one attached hydrogen (secondary N) is 1. The molecule has 2 aromatic rings. The highest BCUT2D eigenvalue weighted by Gasteiger charge is 2.02. The number of rotatable bonds is 5. The second-order valence-corrected chi connectivity index (χ2v) is 5.00. The van der Waals surface area contributed by atoms with Crippen molar-refractivity contribution in [3.63, 3.8) is 0 Å². The van der Waals surface area contributed by atoms with Gasteiger partial charge in [0.1, 0.15) is 0 Å². The van der Waals surface area contributed by atoms with Gasteiger partial charge < -0.3 is 11.1 Å². The summed E-state index contributed by atoms with van der Waals surface area (Å²) in [5, 5.41) is 2.92. The minimum Gasteiger partial charge on any atom is -0.399 e. The van der Waals surface area contributed by atoms with Crippen LogP contribution in [0.4, 0.5) is 5.69 Å². The molecule has 0 saturated carbocycles. The number of hydrogen-bond donors (Lipinski definition) is 2. The topological polar surface area (TPSA) is 55.1 Å². The molecule has 1 amide bonds. The van der Waals surface area contributed by atoms with Crippen LogP contribution in [0.3, 0.4) is 0 Å². The molecule has 0 radical (unpaired) electrons. The van der Waals surface area contributed by atoms with Crippen molar-refractivity contribution in [2.24, 2.45) is 0 Å². The van der Waals surface area contributed by atoms with Crippen molar-refractivity contribution < 1.29 is 4.79 Å². The molecule has 0 bridgehead atoms. The maximum atomic E-state index is 11.8. The SMILES string of the molecule is Cc1ccc(CCC(=O)NCc2ccc(N)cc2)cc1. The number of nitrogen functional groups attached to an aromatic ring is 1. The van der Waals surface area contributed by atoms with E-state index < -0.39 is 0 Å². The third-order valence-electron chi connectivity index (χ3n) is 3.23. The fourth-order valence-corrected chi connectivity index (χ4v) is 1.94. The summed E-state index contributed by atoms with van der Waals surface area (Å²) in [6, 6.07) is 15.8. The van der Waals surface area contributed by atoms with Crippen LogP contribution in [0.15, 0.2) is 48.5 Å². The summed E-state index contributed by atoms with van der Waals surface area (Å²) < 4.78 is 0. The number of aryl methyl sites for hydroxylation is 2. The largest absolute Gasteiger partial charge is 0.399 e. The number of carbonyl (C=O) groups is 1. The summed E-state index contributed by atoms with van der Waals surface area (Å²) >= 11 is 0. The fourth-order valence-electron chi connectivity index (χ4n) is 1.94. The lowest BCUT2D eigenvalue weighted by Gasteiger charge is -2.06. The van der Waals surface area contributed by atoms with Gasteiger partial charge in [-0.1, -0.05) is 42.0 Å². The average molecular weight is 268 g/mol. The highest BCUT2D eigenvalue weighted by molar-refractivity contribution is 5.76. The molecule has 104 valence electrons.